The monoisotopic (exact) mass is 669 g/mol. The molecule has 4 aromatic rings. The van der Waals surface area contributed by atoms with E-state index in [2.05, 4.69) is 11.0 Å². The van der Waals surface area contributed by atoms with E-state index in [0.29, 0.717) is 5.39 Å². The highest BCUT2D eigenvalue weighted by molar-refractivity contribution is 7.52. The van der Waals surface area contributed by atoms with Crippen molar-refractivity contribution in [1.29, 1.82) is 0 Å². The Labute approximate surface area is 267 Å². The molecule has 4 N–H and O–H groups in total. The lowest BCUT2D eigenvalue weighted by Gasteiger charge is -2.26. The van der Waals surface area contributed by atoms with Gasteiger partial charge in [0.05, 0.1) is 6.61 Å². The molecule has 240 valence electrons. The second-order valence-corrected chi connectivity index (χ2v) is 12.2. The maximum Gasteiger partial charge on any atom is 0.459 e. The number of aliphatic hydroxyl groups is 2. The molecule has 6 unspecified atom stereocenters. The van der Waals surface area contributed by atoms with Crippen LogP contribution in [0.1, 0.15) is 18.7 Å². The second kappa shape index (κ2) is 14.0. The molecule has 5 rings (SSSR count). The number of ether oxygens (including phenoxy) is 2. The molecule has 1 aliphatic rings. The number of benzene rings is 3. The fourth-order valence-electron chi connectivity index (χ4n) is 4.81. The van der Waals surface area contributed by atoms with Crippen molar-refractivity contribution in [3.05, 3.63) is 111 Å². The van der Waals surface area contributed by atoms with Crippen LogP contribution in [0.15, 0.2) is 94.6 Å². The van der Waals surface area contributed by atoms with E-state index >= 15 is 0 Å². The third kappa shape index (κ3) is 7.25. The highest BCUT2D eigenvalue weighted by Crippen LogP contribution is 2.48. The fourth-order valence-corrected chi connectivity index (χ4v) is 6.49. The summed E-state index contributed by atoms with van der Waals surface area (Å²) in [6, 6.07) is 21.0. The highest BCUT2D eigenvalue weighted by Gasteiger charge is 2.56. The van der Waals surface area contributed by atoms with Crippen molar-refractivity contribution in [2.75, 3.05) is 6.61 Å². The molecule has 0 spiro atoms. The smallest absolute Gasteiger partial charge is 0.459 e. The van der Waals surface area contributed by atoms with Crippen LogP contribution < -0.4 is 20.9 Å². The molecule has 0 bridgehead atoms. The Morgan fingerprint density at radius 1 is 1.13 bits per heavy atom. The Hall–Kier alpha value is -4.25. The van der Waals surface area contributed by atoms with Crippen molar-refractivity contribution in [3.8, 4) is 17.0 Å². The Bertz CT molecular complexity index is 1940. The second-order valence-electron chi connectivity index (χ2n) is 10.3. The number of hydrogen-bond donors (Lipinski definition) is 4. The standard InChI is InChI=1S/C31H29ClN3O10P/c1-20(28(38)42-18-21-8-3-2-4-9-21)34-46(41,45-24-13-7-11-22-10-5-6-12-23(22)24)43-19-25-27(37)31(40,15-16-32)29(44-25)35-17-14-26(36)33-30(35)39/h2-14,17,20,25,27,29,37,40H,18-19H2,1H3,(H,34,41)(H,33,36,39). The van der Waals surface area contributed by atoms with Gasteiger partial charge in [-0.05, 0) is 41.5 Å². The molecule has 1 saturated heterocycles. The number of nitrogens with one attached hydrogen (secondary N) is 2. The van der Waals surface area contributed by atoms with Crippen molar-refractivity contribution in [3.63, 3.8) is 0 Å². The number of aliphatic hydroxyl groups excluding tert-OH is 1. The van der Waals surface area contributed by atoms with E-state index in [4.69, 9.17) is 30.1 Å². The van der Waals surface area contributed by atoms with Crippen molar-refractivity contribution in [2.45, 2.75) is 43.6 Å². The maximum atomic E-state index is 14.3. The van der Waals surface area contributed by atoms with Crippen molar-refractivity contribution >= 4 is 36.1 Å². The summed E-state index contributed by atoms with van der Waals surface area (Å²) in [6.45, 7) is 0.682. The molecule has 0 saturated carbocycles. The van der Waals surface area contributed by atoms with Crippen molar-refractivity contribution in [2.24, 2.45) is 0 Å². The molecule has 0 aliphatic carbocycles. The number of H-pyrrole nitrogens is 1. The number of hydrogen-bond acceptors (Lipinski definition) is 10. The third-order valence-electron chi connectivity index (χ3n) is 7.14. The predicted octanol–water partition coefficient (Wildman–Crippen LogP) is 2.80. The molecule has 1 aromatic heterocycles. The van der Waals surface area contributed by atoms with Gasteiger partial charge in [-0.3, -0.25) is 23.7 Å². The SMILES string of the molecule is CC(NP(=O)(OCC1OC(n2ccc(=O)[nH]c2=O)C(O)(C#CCl)C1O)Oc1cccc2ccccc12)C(=O)OCc1ccccc1. The number of carbonyl (C=O) groups is 1. The van der Waals surface area contributed by atoms with Gasteiger partial charge in [-0.1, -0.05) is 66.7 Å². The van der Waals surface area contributed by atoms with Crippen LogP contribution in [0.3, 0.4) is 0 Å². The maximum absolute atomic E-state index is 14.3. The van der Waals surface area contributed by atoms with E-state index in [0.717, 1.165) is 27.8 Å². The Morgan fingerprint density at radius 2 is 1.85 bits per heavy atom. The van der Waals surface area contributed by atoms with E-state index < -0.39 is 61.7 Å². The van der Waals surface area contributed by atoms with E-state index in [1.54, 1.807) is 48.5 Å². The number of rotatable bonds is 11. The molecular weight excluding hydrogens is 641 g/mol. The van der Waals surface area contributed by atoms with E-state index in [1.165, 1.54) is 6.92 Å². The summed E-state index contributed by atoms with van der Waals surface area (Å²) >= 11 is 5.56. The van der Waals surface area contributed by atoms with E-state index in [1.807, 2.05) is 34.6 Å². The average Bonchev–Trinajstić information content (AvgIpc) is 3.28. The molecule has 2 heterocycles. The minimum absolute atomic E-state index is 0.0329. The summed E-state index contributed by atoms with van der Waals surface area (Å²) in [6.07, 6.45) is -3.94. The summed E-state index contributed by atoms with van der Waals surface area (Å²) in [5, 5.41) is 28.3. The summed E-state index contributed by atoms with van der Waals surface area (Å²) in [7, 11) is -4.50. The zero-order chi connectivity index (χ0) is 32.9. The highest BCUT2D eigenvalue weighted by atomic mass is 35.5. The zero-order valence-electron chi connectivity index (χ0n) is 24.2. The Morgan fingerprint density at radius 3 is 2.59 bits per heavy atom. The van der Waals surface area contributed by atoms with Gasteiger partial charge in [0.15, 0.2) is 6.23 Å². The molecule has 0 amide bonds. The summed E-state index contributed by atoms with van der Waals surface area (Å²) in [5.41, 5.74) is -3.39. The lowest BCUT2D eigenvalue weighted by molar-refractivity contribution is -0.146. The number of carbonyl (C=O) groups excluding carboxylic acids is 1. The Balaban J connectivity index is 1.40. The van der Waals surface area contributed by atoms with Gasteiger partial charge in [0, 0.05) is 23.0 Å². The number of aromatic nitrogens is 2. The van der Waals surface area contributed by atoms with Crippen LogP contribution in [-0.2, 0) is 30.0 Å². The van der Waals surface area contributed by atoms with Gasteiger partial charge in [-0.2, -0.15) is 5.09 Å². The first-order valence-corrected chi connectivity index (χ1v) is 15.9. The van der Waals surface area contributed by atoms with Gasteiger partial charge in [-0.25, -0.2) is 9.36 Å². The Kier molecular flexibility index (Phi) is 10.1. The molecule has 13 nitrogen and oxygen atoms in total. The van der Waals surface area contributed by atoms with Crippen molar-refractivity contribution in [1.82, 2.24) is 14.6 Å². The van der Waals surface area contributed by atoms with Gasteiger partial charge in [-0.15, -0.1) is 0 Å². The number of esters is 1. The largest absolute Gasteiger partial charge is 0.460 e. The number of aromatic amines is 1. The molecular formula is C31H29ClN3O10P. The summed E-state index contributed by atoms with van der Waals surface area (Å²) < 4.78 is 37.9. The number of nitrogens with zero attached hydrogens (tertiary/aromatic N) is 1. The van der Waals surface area contributed by atoms with Crippen LogP contribution >= 0.6 is 19.3 Å². The van der Waals surface area contributed by atoms with Crippen LogP contribution in [0.25, 0.3) is 10.8 Å². The van der Waals surface area contributed by atoms with Gasteiger partial charge in [0.25, 0.3) is 5.56 Å². The average molecular weight is 670 g/mol. The molecule has 15 heteroatoms. The molecule has 46 heavy (non-hydrogen) atoms. The lowest BCUT2D eigenvalue weighted by atomic mass is 9.95. The molecule has 3 aromatic carbocycles. The summed E-state index contributed by atoms with van der Waals surface area (Å²) in [5.74, 6) is 1.64. The lowest BCUT2D eigenvalue weighted by Crippen LogP contribution is -2.48. The number of fused-ring (bicyclic) bond motifs is 1. The van der Waals surface area contributed by atoms with Crippen LogP contribution in [0.4, 0.5) is 0 Å². The van der Waals surface area contributed by atoms with Crippen LogP contribution in [0, 0.1) is 11.3 Å². The molecule has 0 radical (unpaired) electrons. The first kappa shape index (κ1) is 33.1. The third-order valence-corrected chi connectivity index (χ3v) is 8.86. The first-order valence-electron chi connectivity index (χ1n) is 13.9. The van der Waals surface area contributed by atoms with Gasteiger partial charge in [0.1, 0.15) is 30.6 Å². The topological polar surface area (TPSA) is 178 Å². The minimum Gasteiger partial charge on any atom is -0.460 e. The normalized spacial score (nSPS) is 22.7. The van der Waals surface area contributed by atoms with Gasteiger partial charge < -0.3 is 24.2 Å². The van der Waals surface area contributed by atoms with Crippen LogP contribution in [-0.4, -0.2) is 56.2 Å². The first-order chi connectivity index (χ1) is 22.0. The quantitative estimate of drug-likeness (QED) is 0.105. The van der Waals surface area contributed by atoms with Crippen LogP contribution in [0.2, 0.25) is 0 Å². The summed E-state index contributed by atoms with van der Waals surface area (Å²) in [4.78, 5) is 39.0. The molecule has 1 fully saturated rings. The van der Waals surface area contributed by atoms with Crippen LogP contribution in [0.5, 0.6) is 5.75 Å². The van der Waals surface area contributed by atoms with E-state index in [-0.39, 0.29) is 12.4 Å². The van der Waals surface area contributed by atoms with Gasteiger partial charge in [0.2, 0.25) is 5.60 Å². The number of halogens is 1. The zero-order valence-corrected chi connectivity index (χ0v) is 25.9. The van der Waals surface area contributed by atoms with E-state index in [9.17, 15) is 29.2 Å². The van der Waals surface area contributed by atoms with Crippen molar-refractivity contribution < 1.29 is 38.1 Å². The molecule has 6 atom stereocenters. The predicted molar refractivity (Wildman–Crippen MR) is 167 cm³/mol. The molecule has 1 aliphatic heterocycles. The van der Waals surface area contributed by atoms with Gasteiger partial charge >= 0.3 is 19.4 Å². The fraction of sp³-hybridized carbons (Fsp3) is 0.258. The minimum atomic E-state index is -4.50.